The van der Waals surface area contributed by atoms with Gasteiger partial charge in [-0.3, -0.25) is 9.59 Å². The fourth-order valence-corrected chi connectivity index (χ4v) is 4.74. The minimum Gasteiger partial charge on any atom is -0.493 e. The van der Waals surface area contributed by atoms with E-state index in [9.17, 15) is 14.0 Å². The summed E-state index contributed by atoms with van der Waals surface area (Å²) in [5, 5.41) is 0. The summed E-state index contributed by atoms with van der Waals surface area (Å²) < 4.78 is 19.8. The van der Waals surface area contributed by atoms with E-state index in [1.165, 1.54) is 12.1 Å². The molecule has 0 aliphatic carbocycles. The highest BCUT2D eigenvalue weighted by atomic mass is 19.1. The van der Waals surface area contributed by atoms with Crippen molar-refractivity contribution in [1.29, 1.82) is 0 Å². The summed E-state index contributed by atoms with van der Waals surface area (Å²) in [5.74, 6) is 0.226. The van der Waals surface area contributed by atoms with Gasteiger partial charge in [0.2, 0.25) is 5.91 Å². The van der Waals surface area contributed by atoms with Crippen molar-refractivity contribution < 1.29 is 18.7 Å². The molecular formula is C26H32FN3O3. The molecule has 2 saturated heterocycles. The molecule has 0 bridgehead atoms. The Hall–Kier alpha value is -2.93. The molecule has 33 heavy (non-hydrogen) atoms. The lowest BCUT2D eigenvalue weighted by Crippen LogP contribution is -2.53. The third-order valence-corrected chi connectivity index (χ3v) is 6.69. The SMILES string of the molecule is CN1CCN(C(=O)C[C@]2(COc3ccccc3)CCCN(C(=O)c3cccc(F)c3)C2)CC1. The van der Waals surface area contributed by atoms with Crippen LogP contribution in [0.25, 0.3) is 0 Å². The van der Waals surface area contributed by atoms with Gasteiger partial charge in [0.1, 0.15) is 11.6 Å². The molecule has 2 heterocycles. The number of likely N-dealkylation sites (tertiary alicyclic amines) is 1. The Kier molecular flexibility index (Phi) is 7.28. The molecule has 7 heteroatoms. The van der Waals surface area contributed by atoms with Gasteiger partial charge >= 0.3 is 0 Å². The second kappa shape index (κ2) is 10.3. The molecule has 2 aromatic carbocycles. The standard InChI is InChI=1S/C26H32FN3O3/c1-28-13-15-29(16-14-28)24(31)18-26(20-33-23-9-3-2-4-10-23)11-6-12-30(19-26)25(32)21-7-5-8-22(27)17-21/h2-5,7-10,17H,6,11-16,18-20H2,1H3/t26-/m1/s1. The zero-order valence-corrected chi connectivity index (χ0v) is 19.2. The van der Waals surface area contributed by atoms with Crippen LogP contribution in [0.4, 0.5) is 4.39 Å². The van der Waals surface area contributed by atoms with E-state index in [-0.39, 0.29) is 11.8 Å². The molecule has 0 radical (unpaired) electrons. The largest absolute Gasteiger partial charge is 0.493 e. The number of piperazine rings is 1. The number of carbonyl (C=O) groups excluding carboxylic acids is 2. The second-order valence-corrected chi connectivity index (χ2v) is 9.30. The summed E-state index contributed by atoms with van der Waals surface area (Å²) in [6.45, 7) is 4.52. The van der Waals surface area contributed by atoms with Gasteiger partial charge in [-0.25, -0.2) is 4.39 Å². The van der Waals surface area contributed by atoms with Crippen LogP contribution in [0.3, 0.4) is 0 Å². The van der Waals surface area contributed by atoms with Crippen LogP contribution in [0.2, 0.25) is 0 Å². The van der Waals surface area contributed by atoms with E-state index in [1.54, 1.807) is 17.0 Å². The number of nitrogens with zero attached hydrogens (tertiary/aromatic N) is 3. The highest BCUT2D eigenvalue weighted by Crippen LogP contribution is 2.36. The van der Waals surface area contributed by atoms with Crippen molar-refractivity contribution in [3.63, 3.8) is 0 Å². The Morgan fingerprint density at radius 2 is 1.73 bits per heavy atom. The predicted molar refractivity (Wildman–Crippen MR) is 125 cm³/mol. The van der Waals surface area contributed by atoms with Crippen molar-refractivity contribution in [1.82, 2.24) is 14.7 Å². The summed E-state index contributed by atoms with van der Waals surface area (Å²) in [7, 11) is 2.06. The highest BCUT2D eigenvalue weighted by Gasteiger charge is 2.41. The molecule has 2 aromatic rings. The molecule has 1 atom stereocenters. The van der Waals surface area contributed by atoms with Crippen LogP contribution >= 0.6 is 0 Å². The number of para-hydroxylation sites is 1. The van der Waals surface area contributed by atoms with Crippen LogP contribution in [-0.4, -0.2) is 79.4 Å². The molecule has 0 unspecified atom stereocenters. The molecule has 2 aliphatic heterocycles. The lowest BCUT2D eigenvalue weighted by molar-refractivity contribution is -0.137. The molecule has 0 N–H and O–H groups in total. The van der Waals surface area contributed by atoms with E-state index in [4.69, 9.17) is 4.74 Å². The Bertz CT molecular complexity index is 962. The number of carbonyl (C=O) groups is 2. The molecule has 2 amide bonds. The monoisotopic (exact) mass is 453 g/mol. The van der Waals surface area contributed by atoms with Crippen molar-refractivity contribution in [3.8, 4) is 5.75 Å². The molecular weight excluding hydrogens is 421 g/mol. The van der Waals surface area contributed by atoms with Crippen LogP contribution in [0.15, 0.2) is 54.6 Å². The fraction of sp³-hybridized carbons (Fsp3) is 0.462. The van der Waals surface area contributed by atoms with Gasteiger partial charge in [0, 0.05) is 56.7 Å². The second-order valence-electron chi connectivity index (χ2n) is 9.30. The van der Waals surface area contributed by atoms with E-state index >= 15 is 0 Å². The van der Waals surface area contributed by atoms with Crippen LogP contribution in [0.5, 0.6) is 5.75 Å². The van der Waals surface area contributed by atoms with Gasteiger partial charge in [0.25, 0.3) is 5.91 Å². The highest BCUT2D eigenvalue weighted by molar-refractivity contribution is 5.94. The van der Waals surface area contributed by atoms with Crippen molar-refractivity contribution in [3.05, 3.63) is 66.0 Å². The maximum absolute atomic E-state index is 13.7. The number of piperidine rings is 1. The summed E-state index contributed by atoms with van der Waals surface area (Å²) in [6.07, 6.45) is 1.90. The first-order chi connectivity index (χ1) is 15.9. The number of benzene rings is 2. The Morgan fingerprint density at radius 3 is 2.45 bits per heavy atom. The fourth-order valence-electron chi connectivity index (χ4n) is 4.74. The molecule has 0 aromatic heterocycles. The molecule has 2 fully saturated rings. The van der Waals surface area contributed by atoms with Gasteiger partial charge in [0.05, 0.1) is 6.61 Å². The van der Waals surface area contributed by atoms with Gasteiger partial charge in [-0.1, -0.05) is 24.3 Å². The van der Waals surface area contributed by atoms with Crippen molar-refractivity contribution in [2.75, 3.05) is 52.9 Å². The minimum absolute atomic E-state index is 0.111. The Morgan fingerprint density at radius 1 is 0.970 bits per heavy atom. The lowest BCUT2D eigenvalue weighted by Gasteiger charge is -2.43. The van der Waals surface area contributed by atoms with Crippen molar-refractivity contribution >= 4 is 11.8 Å². The number of halogens is 1. The minimum atomic E-state index is -0.489. The molecule has 0 spiro atoms. The Labute approximate surface area is 194 Å². The predicted octanol–water partition coefficient (Wildman–Crippen LogP) is 3.29. The van der Waals surface area contributed by atoms with Gasteiger partial charge in [-0.15, -0.1) is 0 Å². The smallest absolute Gasteiger partial charge is 0.253 e. The lowest BCUT2D eigenvalue weighted by atomic mass is 9.77. The number of rotatable bonds is 6. The van der Waals surface area contributed by atoms with Gasteiger partial charge in [-0.05, 0) is 50.2 Å². The van der Waals surface area contributed by atoms with Crippen LogP contribution < -0.4 is 4.74 Å². The summed E-state index contributed by atoms with van der Waals surface area (Å²) in [6, 6.07) is 15.3. The number of ether oxygens (including phenoxy) is 1. The first-order valence-corrected chi connectivity index (χ1v) is 11.6. The average Bonchev–Trinajstić information content (AvgIpc) is 2.83. The van der Waals surface area contributed by atoms with Crippen molar-refractivity contribution in [2.24, 2.45) is 5.41 Å². The number of hydrogen-bond donors (Lipinski definition) is 0. The quantitative estimate of drug-likeness (QED) is 0.674. The van der Waals surface area contributed by atoms with Gasteiger partial charge in [-0.2, -0.15) is 0 Å². The van der Waals surface area contributed by atoms with Gasteiger partial charge < -0.3 is 19.4 Å². The third kappa shape index (κ3) is 5.90. The first kappa shape index (κ1) is 23.2. The van der Waals surface area contributed by atoms with E-state index in [2.05, 4.69) is 11.9 Å². The average molecular weight is 454 g/mol. The van der Waals surface area contributed by atoms with E-state index in [0.717, 1.165) is 44.8 Å². The number of amides is 2. The van der Waals surface area contributed by atoms with E-state index in [0.29, 0.717) is 31.7 Å². The van der Waals surface area contributed by atoms with Gasteiger partial charge in [0.15, 0.2) is 0 Å². The molecule has 176 valence electrons. The normalized spacial score (nSPS) is 21.6. The van der Waals surface area contributed by atoms with E-state index < -0.39 is 11.2 Å². The molecule has 0 saturated carbocycles. The first-order valence-electron chi connectivity index (χ1n) is 11.6. The topological polar surface area (TPSA) is 53.1 Å². The molecule has 2 aliphatic rings. The summed E-state index contributed by atoms with van der Waals surface area (Å²) >= 11 is 0. The number of hydrogen-bond acceptors (Lipinski definition) is 4. The zero-order valence-electron chi connectivity index (χ0n) is 19.2. The third-order valence-electron chi connectivity index (χ3n) is 6.69. The maximum Gasteiger partial charge on any atom is 0.253 e. The Balaban J connectivity index is 1.52. The molecule has 4 rings (SSSR count). The van der Waals surface area contributed by atoms with Crippen LogP contribution in [0, 0.1) is 11.2 Å². The van der Waals surface area contributed by atoms with E-state index in [1.807, 2.05) is 35.2 Å². The van der Waals surface area contributed by atoms with Crippen LogP contribution in [-0.2, 0) is 4.79 Å². The summed E-state index contributed by atoms with van der Waals surface area (Å²) in [5.41, 5.74) is -0.155. The van der Waals surface area contributed by atoms with Crippen LogP contribution in [0.1, 0.15) is 29.6 Å². The maximum atomic E-state index is 13.7. The zero-order chi connectivity index (χ0) is 23.3. The summed E-state index contributed by atoms with van der Waals surface area (Å²) in [4.78, 5) is 32.3. The van der Waals surface area contributed by atoms with Crippen molar-refractivity contribution in [2.45, 2.75) is 19.3 Å². The number of likely N-dealkylation sites (N-methyl/N-ethyl adjacent to an activating group) is 1. The molecule has 6 nitrogen and oxygen atoms in total.